The monoisotopic (exact) mass is 643 g/mol. The summed E-state index contributed by atoms with van der Waals surface area (Å²) in [6.07, 6.45) is 5.42. The van der Waals surface area contributed by atoms with E-state index in [2.05, 4.69) is 18.5 Å². The van der Waals surface area contributed by atoms with Crippen molar-refractivity contribution in [2.75, 3.05) is 26.3 Å². The number of aliphatic hydroxyl groups is 1. The van der Waals surface area contributed by atoms with Crippen LogP contribution in [0.1, 0.15) is 55.7 Å². The van der Waals surface area contributed by atoms with Crippen LogP contribution in [0, 0.1) is 11.8 Å². The van der Waals surface area contributed by atoms with E-state index in [9.17, 15) is 24.3 Å². The topological polar surface area (TPSA) is 125 Å². The molecule has 0 unspecified atom stereocenters. The number of aliphatic hydroxyl groups excluding tert-OH is 1. The summed E-state index contributed by atoms with van der Waals surface area (Å²) < 4.78 is 12.2. The molecule has 47 heavy (non-hydrogen) atoms. The third-order valence-electron chi connectivity index (χ3n) is 9.50. The number of allylic oxidation sites excluding steroid dienone is 1. The Kier molecular flexibility index (Phi) is 11.3. The van der Waals surface area contributed by atoms with Crippen molar-refractivity contribution in [3.05, 3.63) is 97.1 Å². The van der Waals surface area contributed by atoms with Gasteiger partial charge < -0.3 is 29.7 Å². The van der Waals surface area contributed by atoms with Crippen LogP contribution in [0.4, 0.5) is 0 Å². The second kappa shape index (κ2) is 15.5. The van der Waals surface area contributed by atoms with Crippen LogP contribution in [0.2, 0.25) is 0 Å². The average Bonchev–Trinajstić information content (AvgIpc) is 3.73. The molecule has 10 heteroatoms. The van der Waals surface area contributed by atoms with Crippen LogP contribution in [-0.4, -0.2) is 82.6 Å². The molecule has 2 aromatic carbocycles. The molecule has 0 aliphatic carbocycles. The van der Waals surface area contributed by atoms with Gasteiger partial charge in [-0.15, -0.1) is 13.2 Å². The number of carbonyl (C=O) groups excluding carboxylic acids is 4. The van der Waals surface area contributed by atoms with Gasteiger partial charge in [0, 0.05) is 32.7 Å². The van der Waals surface area contributed by atoms with Crippen LogP contribution in [-0.2, 0) is 35.2 Å². The minimum atomic E-state index is -1.16. The Balaban J connectivity index is 1.42. The summed E-state index contributed by atoms with van der Waals surface area (Å²) in [5.41, 5.74) is 0.544. The Morgan fingerprint density at radius 1 is 1.09 bits per heavy atom. The Labute approximate surface area is 276 Å². The van der Waals surface area contributed by atoms with Gasteiger partial charge in [0.2, 0.25) is 17.7 Å². The van der Waals surface area contributed by atoms with Crippen LogP contribution in [0.5, 0.6) is 0 Å². The van der Waals surface area contributed by atoms with E-state index in [4.69, 9.17) is 9.47 Å². The van der Waals surface area contributed by atoms with E-state index in [-0.39, 0.29) is 50.4 Å². The number of carbonyl (C=O) groups is 4. The third kappa shape index (κ3) is 7.18. The Hall–Kier alpha value is -4.28. The van der Waals surface area contributed by atoms with Gasteiger partial charge in [0.05, 0.1) is 24.0 Å². The van der Waals surface area contributed by atoms with Crippen LogP contribution in [0.3, 0.4) is 0 Å². The molecule has 0 aromatic heterocycles. The Morgan fingerprint density at radius 3 is 2.49 bits per heavy atom. The first-order valence-electron chi connectivity index (χ1n) is 16.5. The number of hydrogen-bond acceptors (Lipinski definition) is 7. The smallest absolute Gasteiger partial charge is 0.306 e. The van der Waals surface area contributed by atoms with Crippen LogP contribution < -0.4 is 5.32 Å². The molecule has 1 spiro atoms. The molecule has 250 valence electrons. The van der Waals surface area contributed by atoms with Crippen molar-refractivity contribution >= 4 is 23.7 Å². The van der Waals surface area contributed by atoms with Crippen molar-refractivity contribution in [2.24, 2.45) is 11.8 Å². The number of nitrogens with one attached hydrogen (secondary N) is 1. The number of benzene rings is 2. The molecule has 3 aliphatic heterocycles. The lowest BCUT2D eigenvalue weighted by Crippen LogP contribution is -2.56. The zero-order chi connectivity index (χ0) is 33.4. The summed E-state index contributed by atoms with van der Waals surface area (Å²) in [6.45, 7) is 8.27. The highest BCUT2D eigenvalue weighted by Crippen LogP contribution is 2.58. The molecule has 3 fully saturated rings. The molecule has 0 radical (unpaired) electrons. The lowest BCUT2D eigenvalue weighted by Gasteiger charge is -2.37. The summed E-state index contributed by atoms with van der Waals surface area (Å²) in [4.78, 5) is 58.6. The van der Waals surface area contributed by atoms with E-state index in [1.54, 1.807) is 22.0 Å². The van der Waals surface area contributed by atoms with E-state index >= 15 is 0 Å². The van der Waals surface area contributed by atoms with Gasteiger partial charge in [-0.2, -0.15) is 0 Å². The molecular weight excluding hydrogens is 598 g/mol. The van der Waals surface area contributed by atoms with Gasteiger partial charge in [-0.25, -0.2) is 0 Å². The highest BCUT2D eigenvalue weighted by molar-refractivity contribution is 5.99. The number of esters is 1. The fraction of sp³-hybridized carbons (Fsp3) is 0.459. The van der Waals surface area contributed by atoms with E-state index in [1.165, 1.54) is 0 Å². The molecule has 2 N–H and O–H groups in total. The standard InChI is InChI=1S/C37H45N3O7/c1-3-5-18-30(42)46-25-28(27-16-10-7-11-17-27)38-34(43)31-29-19-20-37(47-29)32(31)35(44)40(22-12-13-23-41)33(37)36(45)39(21-4-2)24-26-14-8-6-9-15-26/h3-4,6-11,14-17,28-29,31-33,41H,1-2,5,12-13,18-25H2,(H,38,43)/t28-,29-,31+,32+,33-,37+/m1/s1. The van der Waals surface area contributed by atoms with Crippen molar-refractivity contribution < 1.29 is 33.8 Å². The zero-order valence-electron chi connectivity index (χ0n) is 26.8. The highest BCUT2D eigenvalue weighted by atomic mass is 16.5. The molecule has 10 nitrogen and oxygen atoms in total. The van der Waals surface area contributed by atoms with E-state index in [0.29, 0.717) is 38.6 Å². The number of likely N-dealkylation sites (tertiary alicyclic amines) is 1. The van der Waals surface area contributed by atoms with Gasteiger partial charge in [0.25, 0.3) is 0 Å². The van der Waals surface area contributed by atoms with Gasteiger partial charge in [-0.05, 0) is 43.2 Å². The van der Waals surface area contributed by atoms with Gasteiger partial charge in [-0.1, -0.05) is 72.8 Å². The molecule has 2 aromatic rings. The number of nitrogens with zero attached hydrogens (tertiary/aromatic N) is 2. The van der Waals surface area contributed by atoms with Crippen molar-refractivity contribution in [3.8, 4) is 0 Å². The summed E-state index contributed by atoms with van der Waals surface area (Å²) in [5, 5.41) is 12.5. The number of unbranched alkanes of at least 4 members (excludes halogenated alkanes) is 1. The first kappa shape index (κ1) is 34.1. The van der Waals surface area contributed by atoms with Gasteiger partial charge >= 0.3 is 5.97 Å². The van der Waals surface area contributed by atoms with Crippen molar-refractivity contribution in [1.82, 2.24) is 15.1 Å². The van der Waals surface area contributed by atoms with Gasteiger partial charge in [-0.3, -0.25) is 19.2 Å². The maximum absolute atomic E-state index is 14.5. The number of ether oxygens (including phenoxy) is 2. The molecule has 3 amide bonds. The second-order valence-electron chi connectivity index (χ2n) is 12.5. The van der Waals surface area contributed by atoms with E-state index < -0.39 is 41.6 Å². The van der Waals surface area contributed by atoms with Crippen LogP contribution in [0.15, 0.2) is 86.0 Å². The van der Waals surface area contributed by atoms with Crippen LogP contribution in [0.25, 0.3) is 0 Å². The lowest BCUT2D eigenvalue weighted by molar-refractivity contribution is -0.148. The minimum absolute atomic E-state index is 0.0333. The fourth-order valence-electron chi connectivity index (χ4n) is 7.38. The lowest BCUT2D eigenvalue weighted by atomic mass is 9.70. The van der Waals surface area contributed by atoms with Crippen molar-refractivity contribution in [3.63, 3.8) is 0 Å². The predicted molar refractivity (Wildman–Crippen MR) is 175 cm³/mol. The summed E-state index contributed by atoms with van der Waals surface area (Å²) in [6, 6.07) is 17.3. The third-order valence-corrected chi connectivity index (χ3v) is 9.50. The predicted octanol–water partition coefficient (Wildman–Crippen LogP) is 3.72. The quantitative estimate of drug-likeness (QED) is 0.153. The average molecular weight is 644 g/mol. The minimum Gasteiger partial charge on any atom is -0.463 e. The molecule has 0 saturated carbocycles. The SMILES string of the molecule is C=CCCC(=O)OC[C@@H](NC(=O)[C@@H]1[C@H]2C(=O)N(CCCCO)[C@H](C(=O)N(CC=C)Cc3ccccc3)[C@]23CC[C@H]1O3)c1ccccc1. The highest BCUT2D eigenvalue weighted by Gasteiger charge is 2.74. The first-order chi connectivity index (χ1) is 22.8. The molecule has 2 bridgehead atoms. The number of hydrogen-bond donors (Lipinski definition) is 2. The summed E-state index contributed by atoms with van der Waals surface area (Å²) in [5.74, 6) is -2.97. The summed E-state index contributed by atoms with van der Waals surface area (Å²) >= 11 is 0. The molecule has 3 saturated heterocycles. The zero-order valence-corrected chi connectivity index (χ0v) is 26.8. The molecule has 3 aliphatic rings. The molecule has 5 rings (SSSR count). The Bertz CT molecular complexity index is 1430. The summed E-state index contributed by atoms with van der Waals surface area (Å²) in [7, 11) is 0. The first-order valence-corrected chi connectivity index (χ1v) is 16.5. The number of rotatable bonds is 17. The second-order valence-corrected chi connectivity index (χ2v) is 12.5. The van der Waals surface area contributed by atoms with E-state index in [0.717, 1.165) is 11.1 Å². The number of amides is 3. The number of fused-ring (bicyclic) bond motifs is 1. The largest absolute Gasteiger partial charge is 0.463 e. The molecular formula is C37H45N3O7. The molecule has 3 heterocycles. The van der Waals surface area contributed by atoms with Crippen molar-refractivity contribution in [2.45, 2.75) is 68.9 Å². The van der Waals surface area contributed by atoms with Gasteiger partial charge in [0.1, 0.15) is 18.2 Å². The fourth-order valence-corrected chi connectivity index (χ4v) is 7.38. The van der Waals surface area contributed by atoms with E-state index in [1.807, 2.05) is 60.7 Å². The maximum Gasteiger partial charge on any atom is 0.306 e. The molecule has 6 atom stereocenters. The maximum atomic E-state index is 14.5. The van der Waals surface area contributed by atoms with Crippen molar-refractivity contribution in [1.29, 1.82) is 0 Å². The normalized spacial score (nSPS) is 24.8. The Morgan fingerprint density at radius 2 is 1.81 bits per heavy atom. The van der Waals surface area contributed by atoms with Gasteiger partial charge in [0.15, 0.2) is 0 Å². The van der Waals surface area contributed by atoms with Crippen LogP contribution >= 0.6 is 0 Å².